The molecule has 1 fully saturated rings. The molecule has 0 bridgehead atoms. The van der Waals surface area contributed by atoms with Crippen LogP contribution >= 0.6 is 11.3 Å². The number of carbonyl (C=O) groups excluding carboxylic acids is 1. The molecule has 0 aromatic carbocycles. The van der Waals surface area contributed by atoms with Gasteiger partial charge in [0.2, 0.25) is 5.91 Å². The molecule has 1 saturated heterocycles. The first-order valence-electron chi connectivity index (χ1n) is 7.73. The third-order valence-corrected chi connectivity index (χ3v) is 7.18. The topological polar surface area (TPSA) is 66.9 Å². The van der Waals surface area contributed by atoms with Crippen LogP contribution in [0.15, 0.2) is 21.7 Å². The molecule has 0 saturated carbocycles. The lowest BCUT2D eigenvalue weighted by Crippen LogP contribution is -2.50. The number of sulfonamides is 1. The fraction of sp³-hybridized carbons (Fsp3) is 0.667. The summed E-state index contributed by atoms with van der Waals surface area (Å²) >= 11 is 1.20. The van der Waals surface area contributed by atoms with Crippen molar-refractivity contribution in [3.8, 4) is 0 Å². The quantitative estimate of drug-likeness (QED) is 0.776. The Hall–Kier alpha value is -0.960. The SMILES string of the molecule is CC1CN(C(=O)CCCN(C)S(=O)(=O)c2cccs2)C(C)CO1. The molecule has 1 aliphatic rings. The van der Waals surface area contributed by atoms with Gasteiger partial charge in [0, 0.05) is 26.6 Å². The van der Waals surface area contributed by atoms with Crippen LogP contribution in [-0.4, -0.2) is 62.4 Å². The molecule has 1 aromatic rings. The number of hydrogen-bond acceptors (Lipinski definition) is 5. The van der Waals surface area contributed by atoms with Gasteiger partial charge in [-0.25, -0.2) is 12.7 Å². The predicted molar refractivity (Wildman–Crippen MR) is 90.0 cm³/mol. The zero-order valence-corrected chi connectivity index (χ0v) is 15.4. The zero-order valence-electron chi connectivity index (χ0n) is 13.8. The van der Waals surface area contributed by atoms with E-state index >= 15 is 0 Å². The van der Waals surface area contributed by atoms with Crippen LogP contribution in [0, 0.1) is 0 Å². The maximum absolute atomic E-state index is 12.3. The summed E-state index contributed by atoms with van der Waals surface area (Å²) in [4.78, 5) is 14.2. The summed E-state index contributed by atoms with van der Waals surface area (Å²) < 4.78 is 31.8. The van der Waals surface area contributed by atoms with E-state index in [1.807, 2.05) is 18.7 Å². The largest absolute Gasteiger partial charge is 0.375 e. The molecule has 1 amide bonds. The summed E-state index contributed by atoms with van der Waals surface area (Å²) in [6, 6.07) is 3.39. The van der Waals surface area contributed by atoms with Gasteiger partial charge < -0.3 is 9.64 Å². The maximum Gasteiger partial charge on any atom is 0.252 e. The Morgan fingerprint density at radius 2 is 2.22 bits per heavy atom. The predicted octanol–water partition coefficient (Wildman–Crippen LogP) is 1.78. The highest BCUT2D eigenvalue weighted by molar-refractivity contribution is 7.91. The Kier molecular flexibility index (Phi) is 6.19. The van der Waals surface area contributed by atoms with Crippen molar-refractivity contribution in [1.82, 2.24) is 9.21 Å². The van der Waals surface area contributed by atoms with E-state index in [0.29, 0.717) is 36.7 Å². The van der Waals surface area contributed by atoms with Crippen LogP contribution in [0.25, 0.3) is 0 Å². The van der Waals surface area contributed by atoms with E-state index in [-0.39, 0.29) is 18.1 Å². The number of rotatable bonds is 6. The molecule has 0 spiro atoms. The Morgan fingerprint density at radius 1 is 1.48 bits per heavy atom. The molecule has 2 unspecified atom stereocenters. The number of carbonyl (C=O) groups is 1. The van der Waals surface area contributed by atoms with Gasteiger partial charge >= 0.3 is 0 Å². The van der Waals surface area contributed by atoms with Crippen LogP contribution in [0.5, 0.6) is 0 Å². The van der Waals surface area contributed by atoms with Gasteiger partial charge in [-0.1, -0.05) is 6.07 Å². The Bertz CT molecular complexity index is 615. The maximum atomic E-state index is 12.3. The highest BCUT2D eigenvalue weighted by atomic mass is 32.2. The fourth-order valence-corrected chi connectivity index (χ4v) is 4.94. The number of hydrogen-bond donors (Lipinski definition) is 0. The van der Waals surface area contributed by atoms with E-state index in [4.69, 9.17) is 4.74 Å². The van der Waals surface area contributed by atoms with Gasteiger partial charge in [-0.2, -0.15) is 0 Å². The van der Waals surface area contributed by atoms with Crippen LogP contribution in [0.3, 0.4) is 0 Å². The molecule has 0 aliphatic carbocycles. The standard InChI is InChI=1S/C15H24N2O4S2/c1-12-11-21-13(2)10-17(12)14(18)6-4-8-16(3)23(19,20)15-7-5-9-22-15/h5,7,9,12-13H,4,6,8,10-11H2,1-3H3. The summed E-state index contributed by atoms with van der Waals surface area (Å²) in [7, 11) is -1.88. The van der Waals surface area contributed by atoms with Gasteiger partial charge in [0.1, 0.15) is 4.21 Å². The van der Waals surface area contributed by atoms with Crippen molar-refractivity contribution in [3.05, 3.63) is 17.5 Å². The molecule has 6 nitrogen and oxygen atoms in total. The molecule has 0 radical (unpaired) electrons. The lowest BCUT2D eigenvalue weighted by atomic mass is 10.1. The van der Waals surface area contributed by atoms with Crippen molar-refractivity contribution in [1.29, 1.82) is 0 Å². The van der Waals surface area contributed by atoms with Crippen molar-refractivity contribution in [2.24, 2.45) is 0 Å². The number of ether oxygens (including phenoxy) is 1. The second kappa shape index (κ2) is 7.74. The highest BCUT2D eigenvalue weighted by Crippen LogP contribution is 2.20. The lowest BCUT2D eigenvalue weighted by molar-refractivity contribution is -0.143. The van der Waals surface area contributed by atoms with Gasteiger partial charge in [0.25, 0.3) is 10.0 Å². The van der Waals surface area contributed by atoms with E-state index < -0.39 is 10.0 Å². The molecular weight excluding hydrogens is 336 g/mol. The van der Waals surface area contributed by atoms with Crippen molar-refractivity contribution in [2.75, 3.05) is 26.7 Å². The van der Waals surface area contributed by atoms with Crippen LogP contribution in [0.4, 0.5) is 0 Å². The van der Waals surface area contributed by atoms with Crippen molar-refractivity contribution < 1.29 is 17.9 Å². The number of morpholine rings is 1. The van der Waals surface area contributed by atoms with Gasteiger partial charge in [-0.05, 0) is 31.7 Å². The molecular formula is C15H24N2O4S2. The summed E-state index contributed by atoms with van der Waals surface area (Å²) in [5, 5.41) is 1.74. The number of thiophene rings is 1. The molecule has 0 N–H and O–H groups in total. The first-order chi connectivity index (χ1) is 10.8. The van der Waals surface area contributed by atoms with E-state index in [9.17, 15) is 13.2 Å². The Labute approximate surface area is 142 Å². The van der Waals surface area contributed by atoms with Gasteiger partial charge in [-0.3, -0.25) is 4.79 Å². The second-order valence-corrected chi connectivity index (χ2v) is 9.12. The van der Waals surface area contributed by atoms with Crippen molar-refractivity contribution in [2.45, 2.75) is 43.0 Å². The van der Waals surface area contributed by atoms with Crippen molar-refractivity contribution >= 4 is 27.3 Å². The molecule has 1 aliphatic heterocycles. The van der Waals surface area contributed by atoms with Crippen LogP contribution < -0.4 is 0 Å². The Balaban J connectivity index is 1.83. The minimum atomic E-state index is -3.43. The highest BCUT2D eigenvalue weighted by Gasteiger charge is 2.27. The first kappa shape index (κ1) is 18.4. The molecule has 8 heteroatoms. The van der Waals surface area contributed by atoms with Crippen LogP contribution in [0.2, 0.25) is 0 Å². The van der Waals surface area contributed by atoms with E-state index in [0.717, 1.165) is 0 Å². The average molecular weight is 361 g/mol. The summed E-state index contributed by atoms with van der Waals surface area (Å²) in [6.45, 7) is 5.41. The molecule has 2 atom stereocenters. The molecule has 130 valence electrons. The number of nitrogens with zero attached hydrogens (tertiary/aromatic N) is 2. The summed E-state index contributed by atoms with van der Waals surface area (Å²) in [6.07, 6.45) is 0.914. The summed E-state index contributed by atoms with van der Waals surface area (Å²) in [5.74, 6) is 0.0644. The Morgan fingerprint density at radius 3 is 2.87 bits per heavy atom. The third-order valence-electron chi connectivity index (χ3n) is 3.95. The van der Waals surface area contributed by atoms with E-state index in [1.54, 1.807) is 24.6 Å². The van der Waals surface area contributed by atoms with E-state index in [1.165, 1.54) is 15.6 Å². The third kappa shape index (κ3) is 4.53. The second-order valence-electron chi connectivity index (χ2n) is 5.90. The van der Waals surface area contributed by atoms with Gasteiger partial charge in [-0.15, -0.1) is 11.3 Å². The molecule has 1 aromatic heterocycles. The minimum Gasteiger partial charge on any atom is -0.375 e. The zero-order chi connectivity index (χ0) is 17.0. The van der Waals surface area contributed by atoms with E-state index in [2.05, 4.69) is 0 Å². The molecule has 2 heterocycles. The fourth-order valence-electron chi connectivity index (χ4n) is 2.53. The number of amides is 1. The van der Waals surface area contributed by atoms with Crippen molar-refractivity contribution in [3.63, 3.8) is 0 Å². The van der Waals surface area contributed by atoms with Crippen LogP contribution in [0.1, 0.15) is 26.7 Å². The smallest absolute Gasteiger partial charge is 0.252 e. The summed E-state index contributed by atoms with van der Waals surface area (Å²) in [5.41, 5.74) is 0. The molecule has 23 heavy (non-hydrogen) atoms. The minimum absolute atomic E-state index is 0.0528. The van der Waals surface area contributed by atoms with Gasteiger partial charge in [0.15, 0.2) is 0 Å². The normalized spacial score (nSPS) is 22.5. The first-order valence-corrected chi connectivity index (χ1v) is 10.0. The average Bonchev–Trinajstić information content (AvgIpc) is 3.04. The van der Waals surface area contributed by atoms with Gasteiger partial charge in [0.05, 0.1) is 18.8 Å². The lowest BCUT2D eigenvalue weighted by Gasteiger charge is -2.37. The molecule has 2 rings (SSSR count). The van der Waals surface area contributed by atoms with Crippen LogP contribution in [-0.2, 0) is 19.6 Å². The monoisotopic (exact) mass is 360 g/mol.